The number of carbonyl (C=O) groups excluding carboxylic acids is 1. The molecular formula is C18H20BrNO. The van der Waals surface area contributed by atoms with Gasteiger partial charge in [-0.2, -0.15) is 0 Å². The van der Waals surface area contributed by atoms with E-state index in [0.717, 1.165) is 39.6 Å². The number of nitrogens with one attached hydrogen (secondary N) is 1. The summed E-state index contributed by atoms with van der Waals surface area (Å²) in [5, 5.41) is 5.43. The lowest BCUT2D eigenvalue weighted by atomic mass is 9.87. The van der Waals surface area contributed by atoms with Crippen molar-refractivity contribution >= 4 is 32.6 Å². The molecule has 2 aromatic carbocycles. The van der Waals surface area contributed by atoms with Crippen LogP contribution in [-0.4, -0.2) is 11.9 Å². The maximum absolute atomic E-state index is 12.4. The van der Waals surface area contributed by atoms with Crippen LogP contribution >= 0.6 is 15.9 Å². The van der Waals surface area contributed by atoms with Crippen molar-refractivity contribution in [3.63, 3.8) is 0 Å². The molecule has 1 saturated carbocycles. The van der Waals surface area contributed by atoms with Crippen molar-refractivity contribution in [2.45, 2.75) is 38.6 Å². The standard InChI is InChI=1S/C18H20BrNO/c1-12-2-8-17(9-3-12)20-18(21)15-5-4-14-11-16(19)7-6-13(14)10-15/h4-7,10-12,17H,2-3,8-9H2,1H3,(H,20,21). The molecule has 3 heteroatoms. The molecule has 0 unspecified atom stereocenters. The minimum Gasteiger partial charge on any atom is -0.349 e. The molecule has 0 radical (unpaired) electrons. The molecule has 0 spiro atoms. The molecule has 0 aliphatic heterocycles. The molecule has 1 fully saturated rings. The topological polar surface area (TPSA) is 29.1 Å². The number of carbonyl (C=O) groups is 1. The van der Waals surface area contributed by atoms with Crippen LogP contribution in [0.25, 0.3) is 10.8 Å². The Labute approximate surface area is 134 Å². The smallest absolute Gasteiger partial charge is 0.251 e. The van der Waals surface area contributed by atoms with Crippen LogP contribution in [0.4, 0.5) is 0 Å². The van der Waals surface area contributed by atoms with Gasteiger partial charge in [0.05, 0.1) is 0 Å². The zero-order valence-electron chi connectivity index (χ0n) is 12.2. The zero-order valence-corrected chi connectivity index (χ0v) is 13.8. The van der Waals surface area contributed by atoms with Gasteiger partial charge in [0, 0.05) is 16.1 Å². The Bertz CT molecular complexity index is 659. The van der Waals surface area contributed by atoms with Crippen molar-refractivity contribution in [1.82, 2.24) is 5.32 Å². The van der Waals surface area contributed by atoms with Crippen LogP contribution in [-0.2, 0) is 0 Å². The number of rotatable bonds is 2. The number of benzene rings is 2. The van der Waals surface area contributed by atoms with Crippen LogP contribution in [0.5, 0.6) is 0 Å². The minimum absolute atomic E-state index is 0.0550. The van der Waals surface area contributed by atoms with E-state index in [0.29, 0.717) is 6.04 Å². The SMILES string of the molecule is CC1CCC(NC(=O)c2ccc3cc(Br)ccc3c2)CC1. The molecular weight excluding hydrogens is 326 g/mol. The second kappa shape index (κ2) is 6.18. The van der Waals surface area contributed by atoms with Crippen LogP contribution < -0.4 is 5.32 Å². The fourth-order valence-corrected chi connectivity index (χ4v) is 3.41. The lowest BCUT2D eigenvalue weighted by molar-refractivity contribution is 0.0923. The van der Waals surface area contributed by atoms with Crippen LogP contribution in [0, 0.1) is 5.92 Å². The van der Waals surface area contributed by atoms with Gasteiger partial charge in [-0.15, -0.1) is 0 Å². The van der Waals surface area contributed by atoms with Crippen molar-refractivity contribution in [1.29, 1.82) is 0 Å². The Hall–Kier alpha value is -1.35. The molecule has 3 rings (SSSR count). The zero-order chi connectivity index (χ0) is 14.8. The first kappa shape index (κ1) is 14.6. The van der Waals surface area contributed by atoms with Gasteiger partial charge >= 0.3 is 0 Å². The van der Waals surface area contributed by atoms with E-state index in [2.05, 4.69) is 34.2 Å². The molecule has 1 aliphatic rings. The summed E-state index contributed by atoms with van der Waals surface area (Å²) in [6.45, 7) is 2.29. The van der Waals surface area contributed by atoms with Gasteiger partial charge in [-0.25, -0.2) is 0 Å². The third-order valence-electron chi connectivity index (χ3n) is 4.42. The Morgan fingerprint density at radius 1 is 1.05 bits per heavy atom. The molecule has 1 aliphatic carbocycles. The van der Waals surface area contributed by atoms with Gasteiger partial charge in [0.1, 0.15) is 0 Å². The highest BCUT2D eigenvalue weighted by Crippen LogP contribution is 2.24. The van der Waals surface area contributed by atoms with Crippen molar-refractivity contribution in [2.75, 3.05) is 0 Å². The number of hydrogen-bond acceptors (Lipinski definition) is 1. The van der Waals surface area contributed by atoms with Crippen molar-refractivity contribution < 1.29 is 4.79 Å². The second-order valence-electron chi connectivity index (χ2n) is 6.14. The van der Waals surface area contributed by atoms with Gasteiger partial charge in [-0.1, -0.05) is 35.0 Å². The van der Waals surface area contributed by atoms with E-state index in [9.17, 15) is 4.79 Å². The van der Waals surface area contributed by atoms with Gasteiger partial charge in [0.2, 0.25) is 0 Å². The summed E-state index contributed by atoms with van der Waals surface area (Å²) < 4.78 is 1.06. The molecule has 2 nitrogen and oxygen atoms in total. The Kier molecular flexibility index (Phi) is 4.29. The average molecular weight is 346 g/mol. The number of fused-ring (bicyclic) bond motifs is 1. The van der Waals surface area contributed by atoms with Gasteiger partial charge in [0.25, 0.3) is 5.91 Å². The van der Waals surface area contributed by atoms with E-state index < -0.39 is 0 Å². The molecule has 0 atom stereocenters. The molecule has 1 amide bonds. The molecule has 0 bridgehead atoms. The first-order chi connectivity index (χ1) is 10.1. The highest BCUT2D eigenvalue weighted by Gasteiger charge is 2.20. The molecule has 0 saturated heterocycles. The molecule has 110 valence electrons. The lowest BCUT2D eigenvalue weighted by Gasteiger charge is -2.26. The van der Waals surface area contributed by atoms with Gasteiger partial charge in [-0.3, -0.25) is 4.79 Å². The van der Waals surface area contributed by atoms with Gasteiger partial charge < -0.3 is 5.32 Å². The van der Waals surface area contributed by atoms with Crippen LogP contribution in [0.2, 0.25) is 0 Å². The van der Waals surface area contributed by atoms with Crippen molar-refractivity contribution in [3.8, 4) is 0 Å². The first-order valence-electron chi connectivity index (χ1n) is 7.62. The summed E-state index contributed by atoms with van der Waals surface area (Å²) in [6, 6.07) is 12.4. The van der Waals surface area contributed by atoms with E-state index in [1.165, 1.54) is 12.8 Å². The Balaban J connectivity index is 1.74. The summed E-state index contributed by atoms with van der Waals surface area (Å²) in [5.41, 5.74) is 0.753. The van der Waals surface area contributed by atoms with Crippen LogP contribution in [0.3, 0.4) is 0 Å². The summed E-state index contributed by atoms with van der Waals surface area (Å²) in [7, 11) is 0. The summed E-state index contributed by atoms with van der Waals surface area (Å²) >= 11 is 3.47. The fourth-order valence-electron chi connectivity index (χ4n) is 3.03. The predicted octanol–water partition coefficient (Wildman–Crippen LogP) is 4.91. The van der Waals surface area contributed by atoms with Crippen LogP contribution in [0.15, 0.2) is 40.9 Å². The molecule has 1 N–H and O–H groups in total. The molecule has 21 heavy (non-hydrogen) atoms. The van der Waals surface area contributed by atoms with Crippen molar-refractivity contribution in [2.24, 2.45) is 5.92 Å². The third-order valence-corrected chi connectivity index (χ3v) is 4.91. The second-order valence-corrected chi connectivity index (χ2v) is 7.05. The van der Waals surface area contributed by atoms with E-state index in [-0.39, 0.29) is 5.91 Å². The Morgan fingerprint density at radius 3 is 2.48 bits per heavy atom. The lowest BCUT2D eigenvalue weighted by Crippen LogP contribution is -2.37. The number of amides is 1. The average Bonchev–Trinajstić information content (AvgIpc) is 2.49. The normalized spacial score (nSPS) is 22.2. The van der Waals surface area contributed by atoms with E-state index in [4.69, 9.17) is 0 Å². The quantitative estimate of drug-likeness (QED) is 0.822. The third kappa shape index (κ3) is 3.46. The van der Waals surface area contributed by atoms with E-state index in [1.807, 2.05) is 30.3 Å². The maximum atomic E-state index is 12.4. The summed E-state index contributed by atoms with van der Waals surface area (Å²) in [4.78, 5) is 12.4. The predicted molar refractivity (Wildman–Crippen MR) is 90.5 cm³/mol. The number of halogens is 1. The minimum atomic E-state index is 0.0550. The van der Waals surface area contributed by atoms with E-state index in [1.54, 1.807) is 0 Å². The van der Waals surface area contributed by atoms with E-state index >= 15 is 0 Å². The Morgan fingerprint density at radius 2 is 1.71 bits per heavy atom. The highest BCUT2D eigenvalue weighted by atomic mass is 79.9. The highest BCUT2D eigenvalue weighted by molar-refractivity contribution is 9.10. The van der Waals surface area contributed by atoms with Gasteiger partial charge in [0.15, 0.2) is 0 Å². The maximum Gasteiger partial charge on any atom is 0.251 e. The molecule has 0 aromatic heterocycles. The summed E-state index contributed by atoms with van der Waals surface area (Å²) in [6.07, 6.45) is 4.65. The first-order valence-corrected chi connectivity index (χ1v) is 8.41. The fraction of sp³-hybridized carbons (Fsp3) is 0.389. The number of hydrogen-bond donors (Lipinski definition) is 1. The largest absolute Gasteiger partial charge is 0.349 e. The molecule has 0 heterocycles. The van der Waals surface area contributed by atoms with Gasteiger partial charge in [-0.05, 0) is 66.6 Å². The van der Waals surface area contributed by atoms with Crippen molar-refractivity contribution in [3.05, 3.63) is 46.4 Å². The summed E-state index contributed by atoms with van der Waals surface area (Å²) in [5.74, 6) is 0.858. The monoisotopic (exact) mass is 345 g/mol. The van der Waals surface area contributed by atoms with Crippen LogP contribution in [0.1, 0.15) is 43.0 Å². The molecule has 2 aromatic rings.